The Morgan fingerprint density at radius 1 is 1.23 bits per heavy atom. The highest BCUT2D eigenvalue weighted by Crippen LogP contribution is 2.32. The highest BCUT2D eigenvalue weighted by molar-refractivity contribution is 6.33. The number of hydrogen-bond donors (Lipinski definition) is 1. The topological polar surface area (TPSA) is 107 Å². The number of halogens is 1. The van der Waals surface area contributed by atoms with Gasteiger partial charge in [-0.2, -0.15) is 5.10 Å². The molecule has 0 bridgehead atoms. The Hall–Kier alpha value is -3.65. The summed E-state index contributed by atoms with van der Waals surface area (Å²) in [7, 11) is 0. The molecule has 0 radical (unpaired) electrons. The molecular formula is C21H18ClN3O5. The van der Waals surface area contributed by atoms with Gasteiger partial charge in [0.1, 0.15) is 17.3 Å². The van der Waals surface area contributed by atoms with Crippen LogP contribution in [-0.4, -0.2) is 23.7 Å². The van der Waals surface area contributed by atoms with E-state index < -0.39 is 10.8 Å². The van der Waals surface area contributed by atoms with Crippen molar-refractivity contribution in [2.75, 3.05) is 6.61 Å². The first-order chi connectivity index (χ1) is 14.3. The molecule has 9 heteroatoms. The van der Waals surface area contributed by atoms with Crippen LogP contribution in [0.5, 0.6) is 5.75 Å². The number of carbonyl (C=O) groups excluding carboxylic acids is 1. The van der Waals surface area contributed by atoms with Crippen molar-refractivity contribution in [3.63, 3.8) is 0 Å². The molecule has 8 nitrogen and oxygen atoms in total. The van der Waals surface area contributed by atoms with Crippen molar-refractivity contribution < 1.29 is 18.9 Å². The maximum Gasteiger partial charge on any atom is 0.277 e. The molecule has 0 saturated carbocycles. The van der Waals surface area contributed by atoms with E-state index >= 15 is 0 Å². The lowest BCUT2D eigenvalue weighted by Gasteiger charge is -2.08. The highest BCUT2D eigenvalue weighted by Gasteiger charge is 2.14. The Kier molecular flexibility index (Phi) is 6.48. The van der Waals surface area contributed by atoms with Gasteiger partial charge in [-0.05, 0) is 43.7 Å². The molecule has 1 N–H and O–H groups in total. The van der Waals surface area contributed by atoms with Gasteiger partial charge in [0.05, 0.1) is 16.2 Å². The molecule has 1 amide bonds. The number of hydrogen-bond acceptors (Lipinski definition) is 6. The molecule has 0 aliphatic heterocycles. The van der Waals surface area contributed by atoms with Crippen LogP contribution < -0.4 is 10.2 Å². The van der Waals surface area contributed by atoms with Gasteiger partial charge in [-0.25, -0.2) is 5.43 Å². The third-order valence-corrected chi connectivity index (χ3v) is 4.45. The molecule has 0 aliphatic rings. The average Bonchev–Trinajstić information content (AvgIpc) is 3.16. The van der Waals surface area contributed by atoms with Crippen LogP contribution in [0.4, 0.5) is 5.69 Å². The molecule has 30 heavy (non-hydrogen) atoms. The Labute approximate surface area is 177 Å². The quantitative estimate of drug-likeness (QED) is 0.335. The van der Waals surface area contributed by atoms with E-state index in [-0.39, 0.29) is 12.3 Å². The minimum atomic E-state index is -0.513. The largest absolute Gasteiger partial charge is 0.483 e. The number of non-ortho nitro benzene ring substituents is 1. The molecule has 0 atom stereocenters. The van der Waals surface area contributed by atoms with Crippen LogP contribution in [0.25, 0.3) is 11.3 Å². The Morgan fingerprint density at radius 2 is 2.03 bits per heavy atom. The van der Waals surface area contributed by atoms with E-state index in [1.54, 1.807) is 12.1 Å². The number of ether oxygens (including phenoxy) is 1. The second-order valence-corrected chi connectivity index (χ2v) is 6.88. The minimum Gasteiger partial charge on any atom is -0.483 e. The molecule has 3 rings (SSSR count). The van der Waals surface area contributed by atoms with Gasteiger partial charge in [-0.3, -0.25) is 14.9 Å². The monoisotopic (exact) mass is 427 g/mol. The van der Waals surface area contributed by atoms with Crippen LogP contribution in [0.2, 0.25) is 5.02 Å². The van der Waals surface area contributed by atoms with E-state index in [1.807, 2.05) is 32.0 Å². The van der Waals surface area contributed by atoms with Gasteiger partial charge in [-0.1, -0.05) is 29.3 Å². The normalized spacial score (nSPS) is 10.9. The maximum absolute atomic E-state index is 11.9. The van der Waals surface area contributed by atoms with Crippen LogP contribution in [0.3, 0.4) is 0 Å². The van der Waals surface area contributed by atoms with Crippen LogP contribution in [0, 0.1) is 24.0 Å². The molecule has 0 saturated heterocycles. The number of furan rings is 1. The number of aryl methyl sites for hydroxylation is 2. The summed E-state index contributed by atoms with van der Waals surface area (Å²) < 4.78 is 11.1. The minimum absolute atomic E-state index is 0.0999. The second kappa shape index (κ2) is 9.23. The number of nitrogens with zero attached hydrogens (tertiary/aromatic N) is 2. The summed E-state index contributed by atoms with van der Waals surface area (Å²) in [6, 6.07) is 13.0. The molecule has 0 unspecified atom stereocenters. The first-order valence-electron chi connectivity index (χ1n) is 8.89. The van der Waals surface area contributed by atoms with Crippen molar-refractivity contribution in [2.24, 2.45) is 5.10 Å². The van der Waals surface area contributed by atoms with Crippen molar-refractivity contribution in [3.05, 3.63) is 80.6 Å². The van der Waals surface area contributed by atoms with Crippen molar-refractivity contribution in [3.8, 4) is 17.1 Å². The molecule has 2 aromatic carbocycles. The van der Waals surface area contributed by atoms with E-state index in [9.17, 15) is 14.9 Å². The molecule has 3 aromatic rings. The lowest BCUT2D eigenvalue weighted by molar-refractivity contribution is -0.384. The van der Waals surface area contributed by atoms with Gasteiger partial charge in [0, 0.05) is 17.7 Å². The number of amides is 1. The van der Waals surface area contributed by atoms with Crippen LogP contribution in [0.15, 0.2) is 58.0 Å². The van der Waals surface area contributed by atoms with Crippen molar-refractivity contribution in [2.45, 2.75) is 13.8 Å². The summed E-state index contributed by atoms with van der Waals surface area (Å²) in [4.78, 5) is 22.3. The summed E-state index contributed by atoms with van der Waals surface area (Å²) in [5, 5.41) is 15.1. The fourth-order valence-corrected chi connectivity index (χ4v) is 2.90. The van der Waals surface area contributed by atoms with Gasteiger partial charge in [0.15, 0.2) is 6.61 Å². The average molecular weight is 428 g/mol. The molecule has 154 valence electrons. The maximum atomic E-state index is 11.9. The zero-order valence-electron chi connectivity index (χ0n) is 16.2. The summed E-state index contributed by atoms with van der Waals surface area (Å²) in [6.07, 6.45) is 1.31. The van der Waals surface area contributed by atoms with Gasteiger partial charge >= 0.3 is 0 Å². The SMILES string of the molecule is Cc1ccc(OCC(=O)N/N=C\c2ccc(-c3cc([N+](=O)[O-])ccc3Cl)o2)c(C)c1. The highest BCUT2D eigenvalue weighted by atomic mass is 35.5. The predicted octanol–water partition coefficient (Wildman–Crippen LogP) is 4.65. The number of nitro groups is 1. The zero-order chi connectivity index (χ0) is 21.7. The lowest BCUT2D eigenvalue weighted by Crippen LogP contribution is -2.24. The van der Waals surface area contributed by atoms with Gasteiger partial charge in [0.25, 0.3) is 11.6 Å². The van der Waals surface area contributed by atoms with Gasteiger partial charge in [-0.15, -0.1) is 0 Å². The fourth-order valence-electron chi connectivity index (χ4n) is 2.69. The summed E-state index contributed by atoms with van der Waals surface area (Å²) >= 11 is 6.11. The summed E-state index contributed by atoms with van der Waals surface area (Å²) in [5.74, 6) is 0.877. The second-order valence-electron chi connectivity index (χ2n) is 6.47. The first kappa shape index (κ1) is 21.1. The molecule has 1 aromatic heterocycles. The van der Waals surface area contributed by atoms with E-state index in [4.69, 9.17) is 20.8 Å². The Morgan fingerprint density at radius 3 is 2.77 bits per heavy atom. The number of rotatable bonds is 7. The number of carbonyl (C=O) groups is 1. The van der Waals surface area contributed by atoms with Crippen LogP contribution in [0.1, 0.15) is 16.9 Å². The van der Waals surface area contributed by atoms with Crippen LogP contribution >= 0.6 is 11.6 Å². The molecule has 0 fully saturated rings. The van der Waals surface area contributed by atoms with Crippen molar-refractivity contribution >= 4 is 29.4 Å². The van der Waals surface area contributed by atoms with E-state index in [1.165, 1.54) is 24.4 Å². The van der Waals surface area contributed by atoms with Gasteiger partial charge < -0.3 is 9.15 Å². The molecular weight excluding hydrogens is 410 g/mol. The molecule has 1 heterocycles. The third-order valence-electron chi connectivity index (χ3n) is 4.12. The number of hydrazone groups is 1. The summed E-state index contributed by atoms with van der Waals surface area (Å²) in [6.45, 7) is 3.69. The van der Waals surface area contributed by atoms with E-state index in [0.29, 0.717) is 27.9 Å². The van der Waals surface area contributed by atoms with Crippen molar-refractivity contribution in [1.29, 1.82) is 0 Å². The predicted molar refractivity (Wildman–Crippen MR) is 113 cm³/mol. The summed E-state index contributed by atoms with van der Waals surface area (Å²) in [5.41, 5.74) is 4.68. The lowest BCUT2D eigenvalue weighted by atomic mass is 10.1. The first-order valence-corrected chi connectivity index (χ1v) is 9.27. The van der Waals surface area contributed by atoms with Gasteiger partial charge in [0.2, 0.25) is 0 Å². The zero-order valence-corrected chi connectivity index (χ0v) is 17.0. The van der Waals surface area contributed by atoms with Crippen LogP contribution in [-0.2, 0) is 4.79 Å². The van der Waals surface area contributed by atoms with E-state index in [2.05, 4.69) is 10.5 Å². The number of nitro benzene ring substituents is 1. The standard InChI is InChI=1S/C21H18ClN3O5/c1-13-3-7-19(14(2)9-13)29-12-21(26)24-23-11-16-5-8-20(30-16)17-10-15(25(27)28)4-6-18(17)22/h3-11H,12H2,1-2H3,(H,24,26)/b23-11-. The third kappa shape index (κ3) is 5.24. The fraction of sp³-hybridized carbons (Fsp3) is 0.143. The molecule has 0 aliphatic carbocycles. The smallest absolute Gasteiger partial charge is 0.277 e. The Bertz CT molecular complexity index is 1120. The van der Waals surface area contributed by atoms with E-state index in [0.717, 1.165) is 11.1 Å². The number of benzene rings is 2. The van der Waals surface area contributed by atoms with Crippen molar-refractivity contribution in [1.82, 2.24) is 5.43 Å². The number of nitrogens with one attached hydrogen (secondary N) is 1. The Balaban J connectivity index is 1.59. The molecule has 0 spiro atoms.